The summed E-state index contributed by atoms with van der Waals surface area (Å²) in [6, 6.07) is 7.79. The molecule has 106 valence electrons. The number of rotatable bonds is 6. The third kappa shape index (κ3) is 3.65. The lowest BCUT2D eigenvalue weighted by Gasteiger charge is -2.18. The Morgan fingerprint density at radius 1 is 1.40 bits per heavy atom. The lowest BCUT2D eigenvalue weighted by Crippen LogP contribution is -2.27. The van der Waals surface area contributed by atoms with Crippen molar-refractivity contribution < 1.29 is 4.79 Å². The fourth-order valence-electron chi connectivity index (χ4n) is 2.04. The molecule has 1 N–H and O–H groups in total. The standard InChI is InChI=1S/C15H19N3OS/c1-16-8-7-12-5-3-4-6-14(12)15(19)18(2)9-13-10-20-11-17-13/h3-6,10-11,16H,7-9H2,1-2H3. The van der Waals surface area contributed by atoms with E-state index in [-0.39, 0.29) is 5.91 Å². The topological polar surface area (TPSA) is 45.2 Å². The van der Waals surface area contributed by atoms with E-state index in [1.807, 2.05) is 43.7 Å². The molecule has 0 aliphatic heterocycles. The first-order chi connectivity index (χ1) is 9.72. The van der Waals surface area contributed by atoms with Crippen LogP contribution in [0.15, 0.2) is 35.2 Å². The van der Waals surface area contributed by atoms with Crippen LogP contribution in [0.5, 0.6) is 0 Å². The fourth-order valence-corrected chi connectivity index (χ4v) is 2.59. The van der Waals surface area contributed by atoms with Gasteiger partial charge in [-0.3, -0.25) is 4.79 Å². The highest BCUT2D eigenvalue weighted by molar-refractivity contribution is 7.07. The van der Waals surface area contributed by atoms with Crippen molar-refractivity contribution in [2.45, 2.75) is 13.0 Å². The number of carbonyl (C=O) groups is 1. The van der Waals surface area contributed by atoms with Gasteiger partial charge in [-0.15, -0.1) is 11.3 Å². The second kappa shape index (κ2) is 7.17. The van der Waals surface area contributed by atoms with E-state index >= 15 is 0 Å². The summed E-state index contributed by atoms with van der Waals surface area (Å²) in [7, 11) is 3.73. The van der Waals surface area contributed by atoms with E-state index in [1.54, 1.807) is 21.7 Å². The zero-order valence-corrected chi connectivity index (χ0v) is 12.6. The lowest BCUT2D eigenvalue weighted by molar-refractivity contribution is 0.0782. The Bertz CT molecular complexity index is 554. The minimum Gasteiger partial charge on any atom is -0.336 e. The predicted molar refractivity (Wildman–Crippen MR) is 82.0 cm³/mol. The van der Waals surface area contributed by atoms with E-state index in [4.69, 9.17) is 0 Å². The zero-order valence-electron chi connectivity index (χ0n) is 11.8. The van der Waals surface area contributed by atoms with Gasteiger partial charge in [0.1, 0.15) is 0 Å². The van der Waals surface area contributed by atoms with Crippen molar-refractivity contribution in [1.82, 2.24) is 15.2 Å². The van der Waals surface area contributed by atoms with Crippen molar-refractivity contribution in [1.29, 1.82) is 0 Å². The molecule has 4 nitrogen and oxygen atoms in total. The molecule has 0 radical (unpaired) electrons. The van der Waals surface area contributed by atoms with Crippen LogP contribution in [0, 0.1) is 0 Å². The molecular formula is C15H19N3OS. The molecule has 0 saturated carbocycles. The third-order valence-electron chi connectivity index (χ3n) is 3.12. The highest BCUT2D eigenvalue weighted by atomic mass is 32.1. The fraction of sp³-hybridized carbons (Fsp3) is 0.333. The summed E-state index contributed by atoms with van der Waals surface area (Å²) in [5.41, 5.74) is 4.57. The maximum atomic E-state index is 12.5. The number of carbonyl (C=O) groups excluding carboxylic acids is 1. The monoisotopic (exact) mass is 289 g/mol. The highest BCUT2D eigenvalue weighted by Gasteiger charge is 2.15. The Labute approximate surface area is 123 Å². The molecule has 1 aromatic heterocycles. The van der Waals surface area contributed by atoms with Crippen LogP contribution >= 0.6 is 11.3 Å². The summed E-state index contributed by atoms with van der Waals surface area (Å²) in [6.07, 6.45) is 0.850. The van der Waals surface area contributed by atoms with E-state index in [0.717, 1.165) is 29.8 Å². The third-order valence-corrected chi connectivity index (χ3v) is 3.76. The van der Waals surface area contributed by atoms with Gasteiger partial charge in [-0.1, -0.05) is 18.2 Å². The van der Waals surface area contributed by atoms with Gasteiger partial charge < -0.3 is 10.2 Å². The SMILES string of the molecule is CNCCc1ccccc1C(=O)N(C)Cc1cscn1. The van der Waals surface area contributed by atoms with Crippen molar-refractivity contribution in [2.75, 3.05) is 20.6 Å². The summed E-state index contributed by atoms with van der Waals surface area (Å²) >= 11 is 1.55. The van der Waals surface area contributed by atoms with Crippen LogP contribution in [0.1, 0.15) is 21.6 Å². The molecule has 2 rings (SSSR count). The van der Waals surface area contributed by atoms with Crippen molar-refractivity contribution in [2.24, 2.45) is 0 Å². The van der Waals surface area contributed by atoms with Crippen molar-refractivity contribution >= 4 is 17.2 Å². The Balaban J connectivity index is 2.11. The number of likely N-dealkylation sites (N-methyl/N-ethyl adjacent to an activating group) is 1. The summed E-state index contributed by atoms with van der Waals surface area (Å²) in [4.78, 5) is 18.5. The molecule has 1 amide bonds. The number of nitrogens with zero attached hydrogens (tertiary/aromatic N) is 2. The van der Waals surface area contributed by atoms with Gasteiger partial charge in [0.05, 0.1) is 17.7 Å². The average Bonchev–Trinajstić information content (AvgIpc) is 2.97. The quantitative estimate of drug-likeness (QED) is 0.886. The normalized spacial score (nSPS) is 10.5. The number of hydrogen-bond donors (Lipinski definition) is 1. The molecule has 5 heteroatoms. The largest absolute Gasteiger partial charge is 0.336 e. The van der Waals surface area contributed by atoms with Gasteiger partial charge in [0.25, 0.3) is 5.91 Å². The minimum absolute atomic E-state index is 0.0460. The van der Waals surface area contributed by atoms with Crippen LogP contribution < -0.4 is 5.32 Å². The molecular weight excluding hydrogens is 270 g/mol. The van der Waals surface area contributed by atoms with Gasteiger partial charge in [-0.2, -0.15) is 0 Å². The van der Waals surface area contributed by atoms with Crippen molar-refractivity contribution in [3.63, 3.8) is 0 Å². The Morgan fingerprint density at radius 3 is 2.90 bits per heavy atom. The Kier molecular flexibility index (Phi) is 5.26. The number of hydrogen-bond acceptors (Lipinski definition) is 4. The summed E-state index contributed by atoms with van der Waals surface area (Å²) in [5, 5.41) is 5.08. The second-order valence-corrected chi connectivity index (χ2v) is 5.37. The zero-order chi connectivity index (χ0) is 14.4. The van der Waals surface area contributed by atoms with Gasteiger partial charge in [0.2, 0.25) is 0 Å². The van der Waals surface area contributed by atoms with Crippen LogP contribution in [-0.2, 0) is 13.0 Å². The molecule has 1 heterocycles. The van der Waals surface area contributed by atoms with Crippen LogP contribution in [0.4, 0.5) is 0 Å². The molecule has 0 aliphatic rings. The number of thiazole rings is 1. The molecule has 0 atom stereocenters. The average molecular weight is 289 g/mol. The second-order valence-electron chi connectivity index (χ2n) is 4.65. The van der Waals surface area contributed by atoms with Crippen LogP contribution in [0.3, 0.4) is 0 Å². The molecule has 0 fully saturated rings. The van der Waals surface area contributed by atoms with Crippen LogP contribution in [-0.4, -0.2) is 36.4 Å². The molecule has 0 unspecified atom stereocenters. The number of benzene rings is 1. The first-order valence-electron chi connectivity index (χ1n) is 6.57. The van der Waals surface area contributed by atoms with E-state index in [9.17, 15) is 4.79 Å². The van der Waals surface area contributed by atoms with Crippen molar-refractivity contribution in [3.05, 3.63) is 52.0 Å². The number of amides is 1. The van der Waals surface area contributed by atoms with Crippen LogP contribution in [0.25, 0.3) is 0 Å². The highest BCUT2D eigenvalue weighted by Crippen LogP contribution is 2.13. The minimum atomic E-state index is 0.0460. The molecule has 2 aromatic rings. The molecule has 0 bridgehead atoms. The molecule has 0 spiro atoms. The van der Waals surface area contributed by atoms with Gasteiger partial charge in [0.15, 0.2) is 0 Å². The first-order valence-corrected chi connectivity index (χ1v) is 7.51. The van der Waals surface area contributed by atoms with Gasteiger partial charge >= 0.3 is 0 Å². The summed E-state index contributed by atoms with van der Waals surface area (Å²) in [5.74, 6) is 0.0460. The predicted octanol–water partition coefficient (Wildman–Crippen LogP) is 2.18. The van der Waals surface area contributed by atoms with E-state index in [2.05, 4.69) is 10.3 Å². The van der Waals surface area contributed by atoms with E-state index in [0.29, 0.717) is 6.54 Å². The molecule has 20 heavy (non-hydrogen) atoms. The van der Waals surface area contributed by atoms with Gasteiger partial charge in [-0.25, -0.2) is 4.98 Å². The Hall–Kier alpha value is -1.72. The van der Waals surface area contributed by atoms with Crippen LogP contribution in [0.2, 0.25) is 0 Å². The Morgan fingerprint density at radius 2 is 2.20 bits per heavy atom. The maximum Gasteiger partial charge on any atom is 0.254 e. The van der Waals surface area contributed by atoms with Gasteiger partial charge in [-0.05, 0) is 31.6 Å². The first kappa shape index (κ1) is 14.7. The maximum absolute atomic E-state index is 12.5. The number of nitrogens with one attached hydrogen (secondary N) is 1. The lowest BCUT2D eigenvalue weighted by atomic mass is 10.0. The molecule has 0 saturated heterocycles. The van der Waals surface area contributed by atoms with E-state index < -0.39 is 0 Å². The summed E-state index contributed by atoms with van der Waals surface area (Å²) < 4.78 is 0. The molecule has 0 aliphatic carbocycles. The van der Waals surface area contributed by atoms with Crippen molar-refractivity contribution in [3.8, 4) is 0 Å². The summed E-state index contributed by atoms with van der Waals surface area (Å²) in [6.45, 7) is 1.41. The van der Waals surface area contributed by atoms with E-state index in [1.165, 1.54) is 0 Å². The van der Waals surface area contributed by atoms with Gasteiger partial charge in [0, 0.05) is 18.0 Å². The number of aromatic nitrogens is 1. The molecule has 1 aromatic carbocycles. The smallest absolute Gasteiger partial charge is 0.254 e.